The van der Waals surface area contributed by atoms with Gasteiger partial charge in [0.1, 0.15) is 0 Å². The molecule has 0 fully saturated rings. The zero-order valence-corrected chi connectivity index (χ0v) is 5.78. The maximum atomic E-state index is 10.7. The molecule has 1 aliphatic rings. The fourth-order valence-electron chi connectivity index (χ4n) is 0.968. The second-order valence-electron chi connectivity index (χ2n) is 2.59. The lowest BCUT2D eigenvalue weighted by Crippen LogP contribution is -2.41. The highest BCUT2D eigenvalue weighted by Crippen LogP contribution is 2.21. The summed E-state index contributed by atoms with van der Waals surface area (Å²) in [7, 11) is 0. The number of allylic oxidation sites excluding steroid dienone is 1. The summed E-state index contributed by atoms with van der Waals surface area (Å²) in [6, 6.07) is 0. The van der Waals surface area contributed by atoms with Crippen LogP contribution in [-0.2, 0) is 9.59 Å². The van der Waals surface area contributed by atoms with Crippen molar-refractivity contribution in [2.24, 2.45) is 0 Å². The number of rotatable bonds is 1. The standard InChI is InChI=1S/C7H8O4/c8-5-2-1-3-7(11,4-5)6(9)10/h1-2,11H,3-4H2,(H,9,10). The number of carboxylic acid groups (broad SMARTS) is 1. The van der Waals surface area contributed by atoms with Gasteiger partial charge in [0.25, 0.3) is 0 Å². The van der Waals surface area contributed by atoms with Gasteiger partial charge in [-0.15, -0.1) is 0 Å². The molecule has 0 aromatic heterocycles. The van der Waals surface area contributed by atoms with Crippen LogP contribution in [0.4, 0.5) is 0 Å². The molecule has 1 unspecified atom stereocenters. The van der Waals surface area contributed by atoms with Gasteiger partial charge in [-0.3, -0.25) is 4.79 Å². The second-order valence-corrected chi connectivity index (χ2v) is 2.59. The van der Waals surface area contributed by atoms with Gasteiger partial charge in [-0.05, 0) is 6.08 Å². The molecule has 4 nitrogen and oxygen atoms in total. The van der Waals surface area contributed by atoms with Crippen molar-refractivity contribution in [1.82, 2.24) is 0 Å². The summed E-state index contributed by atoms with van der Waals surface area (Å²) < 4.78 is 0. The summed E-state index contributed by atoms with van der Waals surface area (Å²) >= 11 is 0. The predicted octanol–water partition coefficient (Wildman–Crippen LogP) is -0.279. The third-order valence-electron chi connectivity index (χ3n) is 1.62. The first-order valence-corrected chi connectivity index (χ1v) is 3.20. The number of aliphatic carboxylic acids is 1. The lowest BCUT2D eigenvalue weighted by Gasteiger charge is -2.22. The molecule has 2 N–H and O–H groups in total. The van der Waals surface area contributed by atoms with Gasteiger partial charge < -0.3 is 10.2 Å². The first kappa shape index (κ1) is 7.94. The maximum Gasteiger partial charge on any atom is 0.336 e. The van der Waals surface area contributed by atoms with Crippen LogP contribution in [0, 0.1) is 0 Å². The molecule has 1 rings (SSSR count). The summed E-state index contributed by atoms with van der Waals surface area (Å²) in [4.78, 5) is 21.1. The number of hydrogen-bond donors (Lipinski definition) is 2. The molecular weight excluding hydrogens is 148 g/mol. The Kier molecular flexibility index (Phi) is 1.78. The van der Waals surface area contributed by atoms with Crippen LogP contribution < -0.4 is 0 Å². The molecule has 0 bridgehead atoms. The minimum atomic E-state index is -1.87. The molecule has 0 aromatic rings. The van der Waals surface area contributed by atoms with E-state index in [-0.39, 0.29) is 18.6 Å². The number of hydrogen-bond acceptors (Lipinski definition) is 3. The van der Waals surface area contributed by atoms with Crippen molar-refractivity contribution >= 4 is 11.8 Å². The Morgan fingerprint density at radius 1 is 1.64 bits per heavy atom. The third kappa shape index (κ3) is 1.46. The van der Waals surface area contributed by atoms with E-state index >= 15 is 0 Å². The van der Waals surface area contributed by atoms with Crippen molar-refractivity contribution in [3.8, 4) is 0 Å². The largest absolute Gasteiger partial charge is 0.479 e. The van der Waals surface area contributed by atoms with Gasteiger partial charge in [-0.1, -0.05) is 6.08 Å². The van der Waals surface area contributed by atoms with E-state index in [1.165, 1.54) is 12.2 Å². The average molecular weight is 156 g/mol. The quantitative estimate of drug-likeness (QED) is 0.547. The lowest BCUT2D eigenvalue weighted by atomic mass is 9.89. The van der Waals surface area contributed by atoms with E-state index in [0.717, 1.165) is 0 Å². The summed E-state index contributed by atoms with van der Waals surface area (Å²) in [6.45, 7) is 0. The Balaban J connectivity index is 2.83. The minimum absolute atomic E-state index is 0.00801. The fourth-order valence-corrected chi connectivity index (χ4v) is 0.968. The lowest BCUT2D eigenvalue weighted by molar-refractivity contribution is -0.161. The van der Waals surface area contributed by atoms with Gasteiger partial charge in [-0.2, -0.15) is 0 Å². The highest BCUT2D eigenvalue weighted by molar-refractivity contribution is 5.96. The van der Waals surface area contributed by atoms with E-state index in [2.05, 4.69) is 0 Å². The molecule has 0 radical (unpaired) electrons. The molecule has 1 atom stereocenters. The van der Waals surface area contributed by atoms with E-state index in [9.17, 15) is 14.7 Å². The van der Waals surface area contributed by atoms with Crippen molar-refractivity contribution in [3.05, 3.63) is 12.2 Å². The Morgan fingerprint density at radius 2 is 2.27 bits per heavy atom. The Hall–Kier alpha value is -1.16. The molecule has 0 saturated carbocycles. The van der Waals surface area contributed by atoms with Gasteiger partial charge in [0.15, 0.2) is 11.4 Å². The molecule has 0 saturated heterocycles. The topological polar surface area (TPSA) is 74.6 Å². The summed E-state index contributed by atoms with van der Waals surface area (Å²) in [5.41, 5.74) is -1.87. The van der Waals surface area contributed by atoms with Crippen molar-refractivity contribution in [1.29, 1.82) is 0 Å². The normalized spacial score (nSPS) is 30.5. The second kappa shape index (κ2) is 2.47. The van der Waals surface area contributed by atoms with Gasteiger partial charge in [0.2, 0.25) is 0 Å². The summed E-state index contributed by atoms with van der Waals surface area (Å²) in [6.07, 6.45) is 2.35. The number of carboxylic acids is 1. The fraction of sp³-hybridized carbons (Fsp3) is 0.429. The molecule has 11 heavy (non-hydrogen) atoms. The minimum Gasteiger partial charge on any atom is -0.479 e. The van der Waals surface area contributed by atoms with Crippen LogP contribution in [0.15, 0.2) is 12.2 Å². The molecular formula is C7H8O4. The van der Waals surface area contributed by atoms with Crippen LogP contribution in [-0.4, -0.2) is 27.6 Å². The van der Waals surface area contributed by atoms with E-state index < -0.39 is 11.6 Å². The first-order valence-electron chi connectivity index (χ1n) is 3.20. The van der Waals surface area contributed by atoms with Gasteiger partial charge >= 0.3 is 5.97 Å². The zero-order valence-electron chi connectivity index (χ0n) is 5.78. The number of carbonyl (C=O) groups excluding carboxylic acids is 1. The summed E-state index contributed by atoms with van der Waals surface area (Å²) in [5.74, 6) is -1.68. The SMILES string of the molecule is O=C1C=CCC(O)(C(=O)O)C1. The van der Waals surface area contributed by atoms with E-state index in [4.69, 9.17) is 5.11 Å². The van der Waals surface area contributed by atoms with E-state index in [0.29, 0.717) is 0 Å². The molecule has 1 aliphatic carbocycles. The van der Waals surface area contributed by atoms with Gasteiger partial charge in [-0.25, -0.2) is 4.79 Å². The van der Waals surface area contributed by atoms with Crippen LogP contribution in [0.3, 0.4) is 0 Å². The van der Waals surface area contributed by atoms with Gasteiger partial charge in [0.05, 0.1) is 6.42 Å². The van der Waals surface area contributed by atoms with E-state index in [1.807, 2.05) is 0 Å². The van der Waals surface area contributed by atoms with Crippen LogP contribution in [0.2, 0.25) is 0 Å². The molecule has 0 aliphatic heterocycles. The van der Waals surface area contributed by atoms with E-state index in [1.54, 1.807) is 0 Å². The van der Waals surface area contributed by atoms with Crippen LogP contribution >= 0.6 is 0 Å². The highest BCUT2D eigenvalue weighted by Gasteiger charge is 2.38. The third-order valence-corrected chi connectivity index (χ3v) is 1.62. The Morgan fingerprint density at radius 3 is 2.64 bits per heavy atom. The van der Waals surface area contributed by atoms with Crippen LogP contribution in [0.25, 0.3) is 0 Å². The Bertz CT molecular complexity index is 231. The number of ketones is 1. The summed E-state index contributed by atoms with van der Waals surface area (Å²) in [5, 5.41) is 17.7. The van der Waals surface area contributed by atoms with Crippen LogP contribution in [0.1, 0.15) is 12.8 Å². The molecule has 0 aromatic carbocycles. The van der Waals surface area contributed by atoms with Crippen molar-refractivity contribution in [3.63, 3.8) is 0 Å². The zero-order chi connectivity index (χ0) is 8.48. The number of carbonyl (C=O) groups is 2. The first-order chi connectivity index (χ1) is 5.04. The molecule has 0 spiro atoms. The monoisotopic (exact) mass is 156 g/mol. The molecule has 4 heteroatoms. The van der Waals surface area contributed by atoms with Crippen molar-refractivity contribution in [2.75, 3.05) is 0 Å². The number of aliphatic hydroxyl groups is 1. The maximum absolute atomic E-state index is 10.7. The molecule has 60 valence electrons. The average Bonchev–Trinajstić information content (AvgIpc) is 1.86. The highest BCUT2D eigenvalue weighted by atomic mass is 16.4. The predicted molar refractivity (Wildman–Crippen MR) is 36.0 cm³/mol. The van der Waals surface area contributed by atoms with Crippen LogP contribution in [0.5, 0.6) is 0 Å². The van der Waals surface area contributed by atoms with Crippen molar-refractivity contribution < 1.29 is 19.8 Å². The van der Waals surface area contributed by atoms with Gasteiger partial charge in [0, 0.05) is 6.42 Å². The molecule has 0 heterocycles. The van der Waals surface area contributed by atoms with Crippen molar-refractivity contribution in [2.45, 2.75) is 18.4 Å². The molecule has 0 amide bonds. The Labute approximate surface area is 63.1 Å². The smallest absolute Gasteiger partial charge is 0.336 e.